The van der Waals surface area contributed by atoms with Crippen molar-refractivity contribution < 1.29 is 9.94 Å². The lowest BCUT2D eigenvalue weighted by Gasteiger charge is -2.09. The van der Waals surface area contributed by atoms with E-state index in [9.17, 15) is 0 Å². The zero-order chi connectivity index (χ0) is 13.9. The molecule has 0 aromatic heterocycles. The van der Waals surface area contributed by atoms with E-state index in [0.29, 0.717) is 19.8 Å². The molecule has 0 saturated carbocycles. The molecule has 0 fully saturated rings. The molecule has 4 N–H and O–H groups in total. The first-order valence-electron chi connectivity index (χ1n) is 6.24. The Balaban J connectivity index is 2.35. The summed E-state index contributed by atoms with van der Waals surface area (Å²) in [5, 5.41) is 15.0. The number of nitrogens with one attached hydrogen (secondary N) is 1. The van der Waals surface area contributed by atoms with Gasteiger partial charge in [0, 0.05) is 18.7 Å². The summed E-state index contributed by atoms with van der Waals surface area (Å²) in [6.45, 7) is 6.38. The average Bonchev–Trinajstić information content (AvgIpc) is 2.46. The Morgan fingerprint density at radius 1 is 1.42 bits per heavy atom. The molecule has 0 aliphatic heterocycles. The van der Waals surface area contributed by atoms with E-state index in [1.165, 1.54) is 0 Å². The zero-order valence-electron chi connectivity index (χ0n) is 11.0. The number of rotatable bonds is 9. The van der Waals surface area contributed by atoms with Crippen LogP contribution in [-0.2, 0) is 11.3 Å². The molecule has 5 heteroatoms. The highest BCUT2D eigenvalue weighted by Crippen LogP contribution is 2.07. The molecule has 0 saturated heterocycles. The van der Waals surface area contributed by atoms with E-state index in [1.807, 2.05) is 30.3 Å². The third-order valence-corrected chi connectivity index (χ3v) is 2.61. The first-order chi connectivity index (χ1) is 9.29. The molecule has 0 radical (unpaired) electrons. The number of nitrogens with zero attached hydrogens (tertiary/aromatic N) is 1. The van der Waals surface area contributed by atoms with Crippen LogP contribution in [0.5, 0.6) is 0 Å². The summed E-state index contributed by atoms with van der Waals surface area (Å²) in [5.41, 5.74) is 7.35. The van der Waals surface area contributed by atoms with Crippen LogP contribution in [0, 0.1) is 0 Å². The number of hydrogen-bond donors (Lipinski definition) is 3. The van der Waals surface area contributed by atoms with Crippen molar-refractivity contribution in [2.75, 3.05) is 19.8 Å². The fourth-order valence-corrected chi connectivity index (χ4v) is 1.61. The van der Waals surface area contributed by atoms with Crippen molar-refractivity contribution in [1.82, 2.24) is 5.32 Å². The van der Waals surface area contributed by atoms with Crippen LogP contribution in [0.4, 0.5) is 0 Å². The van der Waals surface area contributed by atoms with E-state index in [4.69, 9.17) is 15.7 Å². The predicted molar refractivity (Wildman–Crippen MR) is 76.3 cm³/mol. The van der Waals surface area contributed by atoms with Crippen LogP contribution in [0.25, 0.3) is 0 Å². The van der Waals surface area contributed by atoms with Gasteiger partial charge >= 0.3 is 0 Å². The van der Waals surface area contributed by atoms with Gasteiger partial charge in [-0.25, -0.2) is 0 Å². The van der Waals surface area contributed by atoms with Gasteiger partial charge in [-0.3, -0.25) is 0 Å². The molecule has 0 amide bonds. The molecule has 19 heavy (non-hydrogen) atoms. The molecule has 104 valence electrons. The average molecular weight is 263 g/mol. The molecular weight excluding hydrogens is 242 g/mol. The van der Waals surface area contributed by atoms with Gasteiger partial charge in [0.15, 0.2) is 5.84 Å². The standard InChI is InChI=1S/C14H21N3O2/c1-2-3-9-19-10-8-16-11-12-6-4-5-7-13(12)14(15)17-18/h2,4-7,16,18H,1,3,8-11H2,(H2,15,17). The van der Waals surface area contributed by atoms with Crippen LogP contribution < -0.4 is 11.1 Å². The van der Waals surface area contributed by atoms with Crippen molar-refractivity contribution in [3.8, 4) is 0 Å². The smallest absolute Gasteiger partial charge is 0.170 e. The number of hydrogen-bond acceptors (Lipinski definition) is 4. The van der Waals surface area contributed by atoms with Gasteiger partial charge in [0.05, 0.1) is 13.2 Å². The van der Waals surface area contributed by atoms with Crippen molar-refractivity contribution in [3.63, 3.8) is 0 Å². The van der Waals surface area contributed by atoms with Crippen molar-refractivity contribution in [2.24, 2.45) is 10.9 Å². The summed E-state index contributed by atoms with van der Waals surface area (Å²) in [5.74, 6) is 0.125. The minimum absolute atomic E-state index is 0.125. The van der Waals surface area contributed by atoms with E-state index < -0.39 is 0 Å². The predicted octanol–water partition coefficient (Wildman–Crippen LogP) is 1.46. The normalized spacial score (nSPS) is 11.5. The van der Waals surface area contributed by atoms with Crippen molar-refractivity contribution in [1.29, 1.82) is 0 Å². The minimum atomic E-state index is 0.125. The summed E-state index contributed by atoms with van der Waals surface area (Å²) in [6, 6.07) is 7.55. The minimum Gasteiger partial charge on any atom is -0.409 e. The number of nitrogens with two attached hydrogens (primary N) is 1. The maximum Gasteiger partial charge on any atom is 0.170 e. The first kappa shape index (κ1) is 15.2. The molecule has 1 rings (SSSR count). The number of oxime groups is 1. The maximum absolute atomic E-state index is 8.72. The number of amidine groups is 1. The summed E-state index contributed by atoms with van der Waals surface area (Å²) >= 11 is 0. The molecule has 1 aromatic carbocycles. The topological polar surface area (TPSA) is 79.9 Å². The third-order valence-electron chi connectivity index (χ3n) is 2.61. The highest BCUT2D eigenvalue weighted by molar-refractivity contribution is 5.98. The van der Waals surface area contributed by atoms with Crippen LogP contribution in [0.3, 0.4) is 0 Å². The fraction of sp³-hybridized carbons (Fsp3) is 0.357. The van der Waals surface area contributed by atoms with Gasteiger partial charge in [-0.2, -0.15) is 0 Å². The largest absolute Gasteiger partial charge is 0.409 e. The molecule has 0 unspecified atom stereocenters. The van der Waals surface area contributed by atoms with Gasteiger partial charge in [-0.15, -0.1) is 6.58 Å². The third kappa shape index (κ3) is 5.54. The van der Waals surface area contributed by atoms with Crippen molar-refractivity contribution >= 4 is 5.84 Å². The second-order valence-electron chi connectivity index (χ2n) is 4.01. The van der Waals surface area contributed by atoms with Gasteiger partial charge in [-0.05, 0) is 12.0 Å². The molecule has 0 atom stereocenters. The lowest BCUT2D eigenvalue weighted by molar-refractivity contribution is 0.140. The molecule has 0 aliphatic rings. The summed E-state index contributed by atoms with van der Waals surface area (Å²) in [7, 11) is 0. The van der Waals surface area contributed by atoms with Crippen LogP contribution >= 0.6 is 0 Å². The van der Waals surface area contributed by atoms with Gasteiger partial charge in [0.25, 0.3) is 0 Å². The van der Waals surface area contributed by atoms with Crippen LogP contribution in [0.15, 0.2) is 42.1 Å². The Hall–Kier alpha value is -1.85. The summed E-state index contributed by atoms with van der Waals surface area (Å²) in [4.78, 5) is 0. The Morgan fingerprint density at radius 3 is 2.95 bits per heavy atom. The lowest BCUT2D eigenvalue weighted by Crippen LogP contribution is -2.22. The summed E-state index contributed by atoms with van der Waals surface area (Å²) < 4.78 is 5.39. The molecule has 0 bridgehead atoms. The van der Waals surface area contributed by atoms with E-state index in [1.54, 1.807) is 0 Å². The Kier molecular flexibility index (Phi) is 7.31. The Bertz CT molecular complexity index is 419. The SMILES string of the molecule is C=CCCOCCNCc1ccccc1/C(N)=N\O. The second kappa shape index (κ2) is 9.13. The zero-order valence-corrected chi connectivity index (χ0v) is 11.0. The first-order valence-corrected chi connectivity index (χ1v) is 6.24. The van der Waals surface area contributed by atoms with E-state index in [0.717, 1.165) is 24.1 Å². The molecule has 1 aromatic rings. The van der Waals surface area contributed by atoms with E-state index in [2.05, 4.69) is 17.1 Å². The highest BCUT2D eigenvalue weighted by Gasteiger charge is 2.05. The summed E-state index contributed by atoms with van der Waals surface area (Å²) in [6.07, 6.45) is 2.70. The van der Waals surface area contributed by atoms with Crippen LogP contribution in [0.1, 0.15) is 17.5 Å². The number of benzene rings is 1. The molecule has 5 nitrogen and oxygen atoms in total. The van der Waals surface area contributed by atoms with Crippen LogP contribution in [-0.4, -0.2) is 30.8 Å². The van der Waals surface area contributed by atoms with Gasteiger partial charge in [0.2, 0.25) is 0 Å². The monoisotopic (exact) mass is 263 g/mol. The quantitative estimate of drug-likeness (QED) is 0.157. The molecule has 0 aliphatic carbocycles. The molecule has 0 heterocycles. The van der Waals surface area contributed by atoms with Gasteiger partial charge in [-0.1, -0.05) is 35.5 Å². The second-order valence-corrected chi connectivity index (χ2v) is 4.01. The molecular formula is C14H21N3O2. The highest BCUT2D eigenvalue weighted by atomic mass is 16.5. The van der Waals surface area contributed by atoms with Gasteiger partial charge in [0.1, 0.15) is 0 Å². The molecule has 0 spiro atoms. The van der Waals surface area contributed by atoms with E-state index in [-0.39, 0.29) is 5.84 Å². The van der Waals surface area contributed by atoms with E-state index >= 15 is 0 Å². The van der Waals surface area contributed by atoms with Crippen molar-refractivity contribution in [2.45, 2.75) is 13.0 Å². The number of ether oxygens (including phenoxy) is 1. The van der Waals surface area contributed by atoms with Crippen LogP contribution in [0.2, 0.25) is 0 Å². The Labute approximate surface area is 113 Å². The van der Waals surface area contributed by atoms with Gasteiger partial charge < -0.3 is 21.0 Å². The Morgan fingerprint density at radius 2 is 2.21 bits per heavy atom. The maximum atomic E-state index is 8.72. The lowest BCUT2D eigenvalue weighted by atomic mass is 10.1. The van der Waals surface area contributed by atoms with Crippen molar-refractivity contribution in [3.05, 3.63) is 48.0 Å². The fourth-order valence-electron chi connectivity index (χ4n) is 1.61.